The van der Waals surface area contributed by atoms with Crippen LogP contribution < -0.4 is 5.32 Å². The van der Waals surface area contributed by atoms with Gasteiger partial charge in [-0.3, -0.25) is 14.6 Å². The molecule has 2 heterocycles. The first-order valence-electron chi connectivity index (χ1n) is 9.78. The van der Waals surface area contributed by atoms with Gasteiger partial charge >= 0.3 is 0 Å². The Labute approximate surface area is 174 Å². The fraction of sp³-hybridized carbons (Fsp3) is 0.500. The number of β-amino-alcohol motifs (C(OH)–C–C–N with tert-alkyl or cyclic N) is 1. The summed E-state index contributed by atoms with van der Waals surface area (Å²) in [6.07, 6.45) is 2.85. The molecular weight excluding hydrogens is 399 g/mol. The lowest BCUT2D eigenvalue weighted by atomic mass is 10.2. The number of oxazole rings is 1. The minimum Gasteiger partial charge on any atom is -0.447 e. The Balaban J connectivity index is 1.48. The molecule has 1 aromatic carbocycles. The quantitative estimate of drug-likeness (QED) is 0.678. The molecule has 1 atom stereocenters. The zero-order chi connectivity index (χ0) is 20.8. The number of hydrogen-bond donors (Lipinski definition) is 2. The number of anilines is 1. The fourth-order valence-electron chi connectivity index (χ4n) is 3.30. The van der Waals surface area contributed by atoms with Gasteiger partial charge in [0.25, 0.3) is 5.91 Å². The number of aliphatic hydroxyl groups is 1. The predicted octanol–water partition coefficient (Wildman–Crippen LogP) is 3.00. The maximum Gasteiger partial charge on any atom is 0.277 e. The zero-order valence-electron chi connectivity index (χ0n) is 16.4. The third kappa shape index (κ3) is 6.24. The molecule has 2 N–H and O–H groups in total. The first kappa shape index (κ1) is 21.7. The molecular formula is C20H26ClFN4O3. The van der Waals surface area contributed by atoms with Crippen molar-refractivity contribution in [2.75, 3.05) is 38.0 Å². The molecule has 3 rings (SSSR count). The van der Waals surface area contributed by atoms with Crippen molar-refractivity contribution < 1.29 is 18.7 Å². The van der Waals surface area contributed by atoms with Crippen LogP contribution in [0.4, 0.5) is 10.1 Å². The molecule has 0 radical (unpaired) electrons. The van der Waals surface area contributed by atoms with Crippen LogP contribution in [0.2, 0.25) is 5.02 Å². The lowest BCUT2D eigenvalue weighted by Crippen LogP contribution is -2.48. The van der Waals surface area contributed by atoms with E-state index in [0.717, 1.165) is 39.0 Å². The SMILES string of the molecule is CCC[C@H](O)CN1CCN(Cc2nc(C(=O)Nc3ccc(F)c(Cl)c3)co2)CC1. The highest BCUT2D eigenvalue weighted by molar-refractivity contribution is 6.31. The molecule has 1 saturated heterocycles. The van der Waals surface area contributed by atoms with E-state index in [0.29, 0.717) is 24.7 Å². The van der Waals surface area contributed by atoms with Crippen molar-refractivity contribution >= 4 is 23.2 Å². The van der Waals surface area contributed by atoms with Crippen LogP contribution >= 0.6 is 11.6 Å². The monoisotopic (exact) mass is 424 g/mol. The van der Waals surface area contributed by atoms with E-state index in [9.17, 15) is 14.3 Å². The Morgan fingerprint density at radius 2 is 2.07 bits per heavy atom. The van der Waals surface area contributed by atoms with Gasteiger partial charge in [0.1, 0.15) is 12.1 Å². The molecule has 7 nitrogen and oxygen atoms in total. The van der Waals surface area contributed by atoms with E-state index >= 15 is 0 Å². The van der Waals surface area contributed by atoms with Crippen LogP contribution in [0.1, 0.15) is 36.1 Å². The number of aliphatic hydroxyl groups excluding tert-OH is 1. The number of benzene rings is 1. The van der Waals surface area contributed by atoms with Gasteiger partial charge < -0.3 is 14.8 Å². The standard InChI is InChI=1S/C20H26ClFN4O3/c1-2-3-15(27)11-25-6-8-26(9-7-25)12-19-24-18(13-29-19)20(28)23-14-4-5-17(22)16(21)10-14/h4-5,10,13,15,27H,2-3,6-9,11-12H2,1H3,(H,23,28)/t15-/m0/s1. The molecule has 1 aliphatic heterocycles. The van der Waals surface area contributed by atoms with Crippen molar-refractivity contribution in [3.8, 4) is 0 Å². The lowest BCUT2D eigenvalue weighted by molar-refractivity contribution is 0.0634. The molecule has 158 valence electrons. The van der Waals surface area contributed by atoms with E-state index in [-0.39, 0.29) is 16.8 Å². The predicted molar refractivity (Wildman–Crippen MR) is 108 cm³/mol. The van der Waals surface area contributed by atoms with Gasteiger partial charge in [-0.2, -0.15) is 0 Å². The maximum atomic E-state index is 13.2. The fourth-order valence-corrected chi connectivity index (χ4v) is 3.48. The van der Waals surface area contributed by atoms with Crippen molar-refractivity contribution in [3.63, 3.8) is 0 Å². The highest BCUT2D eigenvalue weighted by Crippen LogP contribution is 2.20. The molecule has 2 aromatic rings. The largest absolute Gasteiger partial charge is 0.447 e. The van der Waals surface area contributed by atoms with Crippen LogP contribution in [-0.2, 0) is 6.54 Å². The smallest absolute Gasteiger partial charge is 0.277 e. The summed E-state index contributed by atoms with van der Waals surface area (Å²) in [5.74, 6) is -0.530. The molecule has 1 amide bonds. The van der Waals surface area contributed by atoms with Crippen LogP contribution in [-0.4, -0.2) is 64.6 Å². The first-order chi connectivity index (χ1) is 13.9. The first-order valence-corrected chi connectivity index (χ1v) is 10.2. The summed E-state index contributed by atoms with van der Waals surface area (Å²) in [5.41, 5.74) is 0.536. The van der Waals surface area contributed by atoms with E-state index in [1.165, 1.54) is 24.5 Å². The maximum absolute atomic E-state index is 13.2. The topological polar surface area (TPSA) is 81.8 Å². The summed E-state index contributed by atoms with van der Waals surface area (Å²) in [6.45, 7) is 6.73. The Morgan fingerprint density at radius 3 is 2.76 bits per heavy atom. The van der Waals surface area contributed by atoms with Crippen LogP contribution in [0, 0.1) is 5.82 Å². The van der Waals surface area contributed by atoms with E-state index in [4.69, 9.17) is 16.0 Å². The Kier molecular flexibility index (Phi) is 7.60. The molecule has 0 unspecified atom stereocenters. The van der Waals surface area contributed by atoms with Gasteiger partial charge in [-0.15, -0.1) is 0 Å². The molecule has 0 saturated carbocycles. The Bertz CT molecular complexity index is 824. The molecule has 1 fully saturated rings. The van der Waals surface area contributed by atoms with Gasteiger partial charge in [-0.05, 0) is 24.6 Å². The van der Waals surface area contributed by atoms with Gasteiger partial charge in [-0.1, -0.05) is 24.9 Å². The summed E-state index contributed by atoms with van der Waals surface area (Å²) >= 11 is 5.73. The second-order valence-electron chi connectivity index (χ2n) is 7.23. The second kappa shape index (κ2) is 10.2. The summed E-state index contributed by atoms with van der Waals surface area (Å²) < 4.78 is 18.7. The molecule has 0 spiro atoms. The molecule has 29 heavy (non-hydrogen) atoms. The van der Waals surface area contributed by atoms with E-state index in [2.05, 4.69) is 27.0 Å². The number of carbonyl (C=O) groups excluding carboxylic acids is 1. The van der Waals surface area contributed by atoms with Gasteiger partial charge in [-0.25, -0.2) is 9.37 Å². The van der Waals surface area contributed by atoms with Crippen molar-refractivity contribution in [2.24, 2.45) is 0 Å². The van der Waals surface area contributed by atoms with Crippen LogP contribution in [0.15, 0.2) is 28.9 Å². The van der Waals surface area contributed by atoms with Gasteiger partial charge in [0.15, 0.2) is 5.69 Å². The van der Waals surface area contributed by atoms with Crippen molar-refractivity contribution in [1.29, 1.82) is 0 Å². The second-order valence-corrected chi connectivity index (χ2v) is 7.64. The summed E-state index contributed by atoms with van der Waals surface area (Å²) in [5, 5.41) is 12.5. The van der Waals surface area contributed by atoms with Crippen LogP contribution in [0.3, 0.4) is 0 Å². The highest BCUT2D eigenvalue weighted by Gasteiger charge is 2.21. The number of piperazine rings is 1. The summed E-state index contributed by atoms with van der Waals surface area (Å²) in [4.78, 5) is 21.0. The average Bonchev–Trinajstić information content (AvgIpc) is 3.15. The van der Waals surface area contributed by atoms with Gasteiger partial charge in [0.05, 0.1) is 17.7 Å². The van der Waals surface area contributed by atoms with Gasteiger partial charge in [0, 0.05) is 38.4 Å². The van der Waals surface area contributed by atoms with Crippen molar-refractivity contribution in [2.45, 2.75) is 32.4 Å². The number of nitrogens with zero attached hydrogens (tertiary/aromatic N) is 3. The molecule has 1 aromatic heterocycles. The number of rotatable bonds is 8. The van der Waals surface area contributed by atoms with E-state index in [1.54, 1.807) is 0 Å². The normalized spacial score (nSPS) is 16.7. The lowest BCUT2D eigenvalue weighted by Gasteiger charge is -2.34. The van der Waals surface area contributed by atoms with Crippen molar-refractivity contribution in [1.82, 2.24) is 14.8 Å². The number of nitrogens with one attached hydrogen (secondary N) is 1. The van der Waals surface area contributed by atoms with Crippen LogP contribution in [0.5, 0.6) is 0 Å². The third-order valence-corrected chi connectivity index (χ3v) is 5.17. The molecule has 0 aliphatic carbocycles. The third-order valence-electron chi connectivity index (χ3n) is 4.88. The van der Waals surface area contributed by atoms with Crippen LogP contribution in [0.25, 0.3) is 0 Å². The number of amides is 1. The van der Waals surface area contributed by atoms with E-state index in [1.807, 2.05) is 0 Å². The zero-order valence-corrected chi connectivity index (χ0v) is 17.2. The highest BCUT2D eigenvalue weighted by atomic mass is 35.5. The summed E-state index contributed by atoms with van der Waals surface area (Å²) in [6, 6.07) is 3.96. The molecule has 9 heteroatoms. The van der Waals surface area contributed by atoms with Crippen molar-refractivity contribution in [3.05, 3.63) is 46.9 Å². The van der Waals surface area contributed by atoms with E-state index < -0.39 is 11.7 Å². The number of halogens is 2. The summed E-state index contributed by atoms with van der Waals surface area (Å²) in [7, 11) is 0. The number of hydrogen-bond acceptors (Lipinski definition) is 6. The molecule has 1 aliphatic rings. The molecule has 0 bridgehead atoms. The minimum absolute atomic E-state index is 0.0648. The minimum atomic E-state index is -0.548. The van der Waals surface area contributed by atoms with Gasteiger partial charge in [0.2, 0.25) is 5.89 Å². The Morgan fingerprint density at radius 1 is 1.34 bits per heavy atom. The Hall–Kier alpha value is -2.00. The number of carbonyl (C=O) groups is 1. The average molecular weight is 425 g/mol. The number of aromatic nitrogens is 1.